The lowest BCUT2D eigenvalue weighted by molar-refractivity contribution is 0.0374. The zero-order chi connectivity index (χ0) is 28.8. The maximum Gasteiger partial charge on any atom is 0.273 e. The molecule has 3 aromatic rings. The standard InChI is InChI=1S/C27H35ClN10O3/c1-35-7-9-37(10-8-35)24-4-3-19(15-22(24)32-26(39)20-17-31-25(28)16-21(20)29)38-18-23(33-34-38)27(40)30-5-2-6-36-11-13-41-14-12-36/h3-4,15-18H,2,5-14H2,1H3,(H2,29,31)(H,30,40)(H,32,39). The van der Waals surface area contributed by atoms with Crippen molar-refractivity contribution in [2.75, 3.05) is 88.6 Å². The predicted molar refractivity (Wildman–Crippen MR) is 157 cm³/mol. The second-order valence-electron chi connectivity index (χ2n) is 10.2. The Morgan fingerprint density at radius 3 is 2.61 bits per heavy atom. The Hall–Kier alpha value is -3.78. The number of nitrogens with zero attached hydrogens (tertiary/aromatic N) is 7. The average Bonchev–Trinajstić information content (AvgIpc) is 3.47. The minimum atomic E-state index is -0.407. The zero-order valence-corrected chi connectivity index (χ0v) is 23.8. The maximum absolute atomic E-state index is 13.2. The molecule has 2 fully saturated rings. The normalized spacial score (nSPS) is 16.5. The molecule has 0 bridgehead atoms. The maximum atomic E-state index is 13.2. The number of nitrogens with two attached hydrogens (primary N) is 1. The highest BCUT2D eigenvalue weighted by Crippen LogP contribution is 2.30. The van der Waals surface area contributed by atoms with Gasteiger partial charge in [-0.2, -0.15) is 0 Å². The van der Waals surface area contributed by atoms with Gasteiger partial charge in [-0.05, 0) is 44.3 Å². The van der Waals surface area contributed by atoms with E-state index in [0.29, 0.717) is 17.9 Å². The summed E-state index contributed by atoms with van der Waals surface area (Å²) in [5.41, 5.74) is 8.79. The molecule has 4 N–H and O–H groups in total. The summed E-state index contributed by atoms with van der Waals surface area (Å²) in [6, 6.07) is 7.08. The van der Waals surface area contributed by atoms with Gasteiger partial charge >= 0.3 is 0 Å². The van der Waals surface area contributed by atoms with Crippen molar-refractivity contribution in [3.63, 3.8) is 0 Å². The molecule has 0 saturated carbocycles. The van der Waals surface area contributed by atoms with E-state index in [0.717, 1.165) is 71.1 Å². The van der Waals surface area contributed by atoms with Crippen LogP contribution in [0.1, 0.15) is 27.3 Å². The number of nitrogen functional groups attached to an aromatic ring is 1. The van der Waals surface area contributed by atoms with Crippen molar-refractivity contribution in [3.8, 4) is 5.69 Å². The molecule has 2 aliphatic rings. The fourth-order valence-electron chi connectivity index (χ4n) is 4.83. The topological polar surface area (TPSA) is 147 Å². The molecule has 5 rings (SSSR count). The zero-order valence-electron chi connectivity index (χ0n) is 23.1. The molecule has 0 radical (unpaired) electrons. The van der Waals surface area contributed by atoms with Crippen molar-refractivity contribution in [1.29, 1.82) is 0 Å². The Morgan fingerprint density at radius 2 is 1.85 bits per heavy atom. The summed E-state index contributed by atoms with van der Waals surface area (Å²) < 4.78 is 6.89. The number of aromatic nitrogens is 4. The second-order valence-corrected chi connectivity index (χ2v) is 10.5. The lowest BCUT2D eigenvalue weighted by Crippen LogP contribution is -2.44. The fourth-order valence-corrected chi connectivity index (χ4v) is 4.99. The summed E-state index contributed by atoms with van der Waals surface area (Å²) in [6.45, 7) is 8.21. The molecular formula is C27H35ClN10O3. The van der Waals surface area contributed by atoms with E-state index in [-0.39, 0.29) is 28.0 Å². The lowest BCUT2D eigenvalue weighted by Gasteiger charge is -2.35. The van der Waals surface area contributed by atoms with Crippen molar-refractivity contribution >= 4 is 40.5 Å². The number of likely N-dealkylation sites (N-methyl/N-ethyl adjacent to an activating group) is 1. The first-order valence-electron chi connectivity index (χ1n) is 13.7. The molecule has 4 heterocycles. The van der Waals surface area contributed by atoms with Crippen LogP contribution in [0, 0.1) is 0 Å². The summed E-state index contributed by atoms with van der Waals surface area (Å²) in [7, 11) is 2.09. The largest absolute Gasteiger partial charge is 0.398 e. The van der Waals surface area contributed by atoms with Gasteiger partial charge in [0.05, 0.1) is 42.0 Å². The van der Waals surface area contributed by atoms with Crippen molar-refractivity contribution in [2.24, 2.45) is 0 Å². The van der Waals surface area contributed by atoms with Gasteiger partial charge in [0.1, 0.15) is 5.15 Å². The Kier molecular flexibility index (Phi) is 9.29. The van der Waals surface area contributed by atoms with Crippen LogP contribution < -0.4 is 21.3 Å². The van der Waals surface area contributed by atoms with Crippen LogP contribution in [0.5, 0.6) is 0 Å². The molecule has 1 aromatic carbocycles. The van der Waals surface area contributed by atoms with Crippen LogP contribution in [0.4, 0.5) is 17.1 Å². The molecular weight excluding hydrogens is 548 g/mol. The first-order valence-corrected chi connectivity index (χ1v) is 14.1. The van der Waals surface area contributed by atoms with Crippen LogP contribution in [0.2, 0.25) is 5.15 Å². The molecule has 0 spiro atoms. The van der Waals surface area contributed by atoms with Gasteiger partial charge in [0.25, 0.3) is 11.8 Å². The summed E-state index contributed by atoms with van der Waals surface area (Å²) >= 11 is 5.92. The minimum Gasteiger partial charge on any atom is -0.398 e. The lowest BCUT2D eigenvalue weighted by atomic mass is 10.1. The van der Waals surface area contributed by atoms with E-state index in [9.17, 15) is 9.59 Å². The van der Waals surface area contributed by atoms with Crippen LogP contribution >= 0.6 is 11.6 Å². The molecule has 2 amide bonds. The molecule has 218 valence electrons. The Morgan fingerprint density at radius 1 is 1.07 bits per heavy atom. The number of hydrogen-bond donors (Lipinski definition) is 3. The van der Waals surface area contributed by atoms with Crippen molar-refractivity contribution in [3.05, 3.63) is 53.1 Å². The van der Waals surface area contributed by atoms with Crippen LogP contribution in [0.3, 0.4) is 0 Å². The molecule has 2 saturated heterocycles. The van der Waals surface area contributed by atoms with E-state index in [4.69, 9.17) is 22.1 Å². The number of morpholine rings is 1. The van der Waals surface area contributed by atoms with E-state index >= 15 is 0 Å². The fraction of sp³-hybridized carbons (Fsp3) is 0.444. The first-order chi connectivity index (χ1) is 19.9. The van der Waals surface area contributed by atoms with E-state index in [1.54, 1.807) is 6.20 Å². The van der Waals surface area contributed by atoms with Crippen LogP contribution in [-0.4, -0.2) is 114 Å². The quantitative estimate of drug-likeness (QED) is 0.249. The number of pyridine rings is 1. The minimum absolute atomic E-state index is 0.210. The monoisotopic (exact) mass is 582 g/mol. The molecule has 41 heavy (non-hydrogen) atoms. The number of carbonyl (C=O) groups is 2. The summed E-state index contributed by atoms with van der Waals surface area (Å²) in [6.07, 6.45) is 3.77. The SMILES string of the molecule is CN1CCN(c2ccc(-n3cc(C(=O)NCCCN4CCOCC4)nn3)cc2NC(=O)c2cnc(Cl)cc2N)CC1. The highest BCUT2D eigenvalue weighted by molar-refractivity contribution is 6.29. The third-order valence-electron chi connectivity index (χ3n) is 7.25. The molecule has 2 aliphatic heterocycles. The number of ether oxygens (including phenoxy) is 1. The van der Waals surface area contributed by atoms with Crippen LogP contribution in [0.15, 0.2) is 36.7 Å². The summed E-state index contributed by atoms with van der Waals surface area (Å²) in [5.74, 6) is -0.693. The summed E-state index contributed by atoms with van der Waals surface area (Å²) in [4.78, 5) is 36.7. The number of nitrogens with one attached hydrogen (secondary N) is 2. The number of anilines is 3. The van der Waals surface area contributed by atoms with Crippen molar-refractivity contribution in [1.82, 2.24) is 35.1 Å². The Bertz CT molecular complexity index is 1370. The molecule has 13 nitrogen and oxygen atoms in total. The van der Waals surface area contributed by atoms with Crippen molar-refractivity contribution in [2.45, 2.75) is 6.42 Å². The number of benzene rings is 1. The smallest absolute Gasteiger partial charge is 0.273 e. The van der Waals surface area contributed by atoms with Gasteiger partial charge in [-0.1, -0.05) is 16.8 Å². The van der Waals surface area contributed by atoms with Gasteiger partial charge in [0.15, 0.2) is 5.69 Å². The first kappa shape index (κ1) is 28.7. The van der Waals surface area contributed by atoms with E-state index < -0.39 is 5.91 Å². The predicted octanol–water partition coefficient (Wildman–Crippen LogP) is 1.35. The highest BCUT2D eigenvalue weighted by Gasteiger charge is 2.21. The third-order valence-corrected chi connectivity index (χ3v) is 7.46. The molecule has 14 heteroatoms. The van der Waals surface area contributed by atoms with E-state index in [1.165, 1.54) is 16.9 Å². The van der Waals surface area contributed by atoms with Crippen molar-refractivity contribution < 1.29 is 14.3 Å². The number of hydrogen-bond acceptors (Lipinski definition) is 10. The van der Waals surface area contributed by atoms with Gasteiger partial charge in [0, 0.05) is 57.7 Å². The number of amides is 2. The third kappa shape index (κ3) is 7.30. The number of piperazine rings is 1. The number of rotatable bonds is 9. The molecule has 0 aliphatic carbocycles. The Balaban J connectivity index is 1.30. The van der Waals surface area contributed by atoms with Crippen LogP contribution in [0.25, 0.3) is 5.69 Å². The number of halogens is 1. The average molecular weight is 583 g/mol. The molecule has 2 aromatic heterocycles. The van der Waals surface area contributed by atoms with Gasteiger partial charge in [-0.25, -0.2) is 9.67 Å². The second kappa shape index (κ2) is 13.3. The Labute approximate surface area is 243 Å². The van der Waals surface area contributed by atoms with Crippen LogP contribution in [-0.2, 0) is 4.74 Å². The number of carbonyl (C=O) groups excluding carboxylic acids is 2. The van der Waals surface area contributed by atoms with Gasteiger partial charge in [-0.15, -0.1) is 5.10 Å². The van der Waals surface area contributed by atoms with E-state index in [2.05, 4.69) is 47.7 Å². The molecule has 0 atom stereocenters. The molecule has 0 unspecified atom stereocenters. The highest BCUT2D eigenvalue weighted by atomic mass is 35.5. The van der Waals surface area contributed by atoms with Gasteiger partial charge < -0.3 is 30.9 Å². The van der Waals surface area contributed by atoms with Gasteiger partial charge in [0.2, 0.25) is 0 Å². The van der Waals surface area contributed by atoms with Gasteiger partial charge in [-0.3, -0.25) is 14.5 Å². The van der Waals surface area contributed by atoms with E-state index in [1.807, 2.05) is 18.2 Å². The summed E-state index contributed by atoms with van der Waals surface area (Å²) in [5, 5.41) is 14.4.